The summed E-state index contributed by atoms with van der Waals surface area (Å²) in [6.07, 6.45) is 0. The fourth-order valence-corrected chi connectivity index (χ4v) is 2.25. The zero-order chi connectivity index (χ0) is 13.4. The van der Waals surface area contributed by atoms with Crippen LogP contribution in [0.4, 0.5) is 0 Å². The standard InChI is InChI=1S/C16H25O/c1-11-9-10-12(15(2,3)4)14(17-8)13(11)16(5,6)7/h9-10H,1H2,2-8H3. The van der Waals surface area contributed by atoms with E-state index in [4.69, 9.17) is 4.74 Å². The van der Waals surface area contributed by atoms with E-state index in [1.807, 2.05) is 0 Å². The molecule has 0 amide bonds. The van der Waals surface area contributed by atoms with Crippen LogP contribution in [0.3, 0.4) is 0 Å². The second-order valence-electron chi connectivity index (χ2n) is 6.68. The van der Waals surface area contributed by atoms with Gasteiger partial charge in [-0.2, -0.15) is 0 Å². The lowest BCUT2D eigenvalue weighted by Gasteiger charge is -2.30. The smallest absolute Gasteiger partial charge is 0.126 e. The molecule has 0 aromatic heterocycles. The largest absolute Gasteiger partial charge is 0.496 e. The van der Waals surface area contributed by atoms with E-state index in [-0.39, 0.29) is 10.8 Å². The average Bonchev–Trinajstić information content (AvgIpc) is 2.12. The summed E-state index contributed by atoms with van der Waals surface area (Å²) in [7, 11) is 1.75. The highest BCUT2D eigenvalue weighted by atomic mass is 16.5. The van der Waals surface area contributed by atoms with Crippen molar-refractivity contribution in [2.75, 3.05) is 7.11 Å². The lowest BCUT2D eigenvalue weighted by Crippen LogP contribution is -2.20. The topological polar surface area (TPSA) is 9.23 Å². The van der Waals surface area contributed by atoms with Crippen LogP contribution in [-0.4, -0.2) is 7.11 Å². The Morgan fingerprint density at radius 2 is 1.47 bits per heavy atom. The van der Waals surface area contributed by atoms with E-state index in [0.717, 1.165) is 11.3 Å². The molecule has 17 heavy (non-hydrogen) atoms. The fraction of sp³-hybridized carbons (Fsp3) is 0.562. The molecule has 0 spiro atoms. The van der Waals surface area contributed by atoms with Crippen molar-refractivity contribution in [3.05, 3.63) is 35.7 Å². The first-order chi connectivity index (χ1) is 7.59. The molecule has 1 heteroatoms. The number of methoxy groups -OCH3 is 1. The van der Waals surface area contributed by atoms with Gasteiger partial charge in [0.1, 0.15) is 5.75 Å². The van der Waals surface area contributed by atoms with Crippen molar-refractivity contribution in [2.45, 2.75) is 52.4 Å². The molecule has 0 aliphatic heterocycles. The first kappa shape index (κ1) is 14.1. The summed E-state index contributed by atoms with van der Waals surface area (Å²) in [5.41, 5.74) is 3.65. The molecule has 0 N–H and O–H groups in total. The van der Waals surface area contributed by atoms with Crippen LogP contribution in [0.15, 0.2) is 12.1 Å². The summed E-state index contributed by atoms with van der Waals surface area (Å²) in [5, 5.41) is 0. The van der Waals surface area contributed by atoms with E-state index >= 15 is 0 Å². The van der Waals surface area contributed by atoms with E-state index in [1.54, 1.807) is 7.11 Å². The Balaban J connectivity index is 3.60. The molecule has 0 unspecified atom stereocenters. The molecule has 1 rings (SSSR count). The Morgan fingerprint density at radius 1 is 0.941 bits per heavy atom. The van der Waals surface area contributed by atoms with Gasteiger partial charge in [-0.3, -0.25) is 0 Å². The fourth-order valence-electron chi connectivity index (χ4n) is 2.25. The molecule has 1 aromatic carbocycles. The van der Waals surface area contributed by atoms with E-state index in [2.05, 4.69) is 60.6 Å². The van der Waals surface area contributed by atoms with Crippen molar-refractivity contribution in [1.29, 1.82) is 0 Å². The van der Waals surface area contributed by atoms with Gasteiger partial charge in [0.2, 0.25) is 0 Å². The minimum Gasteiger partial charge on any atom is -0.496 e. The highest BCUT2D eigenvalue weighted by molar-refractivity contribution is 5.53. The normalized spacial score (nSPS) is 12.7. The van der Waals surface area contributed by atoms with E-state index in [0.29, 0.717) is 0 Å². The van der Waals surface area contributed by atoms with Gasteiger partial charge in [-0.15, -0.1) is 0 Å². The molecule has 1 aromatic rings. The number of hydrogen-bond acceptors (Lipinski definition) is 1. The summed E-state index contributed by atoms with van der Waals surface area (Å²) < 4.78 is 5.67. The Bertz CT molecular complexity index is 403. The zero-order valence-corrected chi connectivity index (χ0v) is 12.3. The van der Waals surface area contributed by atoms with E-state index in [9.17, 15) is 0 Å². The molecule has 0 heterocycles. The second-order valence-corrected chi connectivity index (χ2v) is 6.68. The highest BCUT2D eigenvalue weighted by Gasteiger charge is 2.27. The van der Waals surface area contributed by atoms with Gasteiger partial charge in [0.05, 0.1) is 7.11 Å². The minimum atomic E-state index is 0.0453. The van der Waals surface area contributed by atoms with E-state index in [1.165, 1.54) is 11.1 Å². The van der Waals surface area contributed by atoms with Crippen molar-refractivity contribution in [2.24, 2.45) is 0 Å². The number of benzene rings is 1. The van der Waals surface area contributed by atoms with Crippen molar-refractivity contribution in [1.82, 2.24) is 0 Å². The van der Waals surface area contributed by atoms with Crippen LogP contribution >= 0.6 is 0 Å². The van der Waals surface area contributed by atoms with Crippen LogP contribution in [0.25, 0.3) is 0 Å². The summed E-state index contributed by atoms with van der Waals surface area (Å²) in [4.78, 5) is 0. The Kier molecular flexibility index (Phi) is 3.61. The third-order valence-electron chi connectivity index (χ3n) is 3.01. The molecule has 0 atom stereocenters. The Labute approximate surface area is 106 Å². The maximum atomic E-state index is 5.67. The molecule has 1 nitrogen and oxygen atoms in total. The molecule has 0 aliphatic carbocycles. The van der Waals surface area contributed by atoms with Crippen LogP contribution in [0.1, 0.15) is 58.2 Å². The molecular formula is C16H25O. The molecular weight excluding hydrogens is 208 g/mol. The highest BCUT2D eigenvalue weighted by Crippen LogP contribution is 2.41. The van der Waals surface area contributed by atoms with Gasteiger partial charge in [-0.25, -0.2) is 0 Å². The molecule has 1 radical (unpaired) electrons. The van der Waals surface area contributed by atoms with Gasteiger partial charge in [-0.05, 0) is 28.9 Å². The van der Waals surface area contributed by atoms with Crippen LogP contribution in [0.2, 0.25) is 0 Å². The molecule has 0 fully saturated rings. The third-order valence-corrected chi connectivity index (χ3v) is 3.01. The maximum Gasteiger partial charge on any atom is 0.126 e. The van der Waals surface area contributed by atoms with Crippen LogP contribution in [-0.2, 0) is 10.8 Å². The van der Waals surface area contributed by atoms with Crippen molar-refractivity contribution < 1.29 is 4.74 Å². The quantitative estimate of drug-likeness (QED) is 0.695. The van der Waals surface area contributed by atoms with Crippen molar-refractivity contribution >= 4 is 0 Å². The number of hydrogen-bond donors (Lipinski definition) is 0. The first-order valence-electron chi connectivity index (χ1n) is 6.13. The molecule has 0 bridgehead atoms. The number of ether oxygens (including phenoxy) is 1. The summed E-state index contributed by atoms with van der Waals surface area (Å²) in [5.74, 6) is 0.998. The predicted octanol–water partition coefficient (Wildman–Crippen LogP) is 4.47. The minimum absolute atomic E-state index is 0.0453. The second kappa shape index (κ2) is 4.36. The van der Waals surface area contributed by atoms with Gasteiger partial charge in [0.15, 0.2) is 0 Å². The molecule has 95 valence electrons. The van der Waals surface area contributed by atoms with Gasteiger partial charge in [0, 0.05) is 5.56 Å². The SMILES string of the molecule is [CH2]c1ccc(C(C)(C)C)c(OC)c1C(C)(C)C. The molecule has 0 saturated heterocycles. The van der Waals surface area contributed by atoms with E-state index < -0.39 is 0 Å². The summed E-state index contributed by atoms with van der Waals surface area (Å²) in [6, 6.07) is 4.24. The average molecular weight is 233 g/mol. The number of rotatable bonds is 1. The van der Waals surface area contributed by atoms with Crippen molar-refractivity contribution in [3.63, 3.8) is 0 Å². The Hall–Kier alpha value is -0.980. The lowest BCUT2D eigenvalue weighted by atomic mass is 9.77. The Morgan fingerprint density at radius 3 is 1.82 bits per heavy atom. The van der Waals surface area contributed by atoms with Crippen LogP contribution in [0, 0.1) is 6.92 Å². The monoisotopic (exact) mass is 233 g/mol. The zero-order valence-electron chi connectivity index (χ0n) is 12.3. The summed E-state index contributed by atoms with van der Waals surface area (Å²) in [6.45, 7) is 17.4. The maximum absolute atomic E-state index is 5.67. The first-order valence-corrected chi connectivity index (χ1v) is 6.13. The lowest BCUT2D eigenvalue weighted by molar-refractivity contribution is 0.381. The third kappa shape index (κ3) is 2.83. The molecule has 0 aliphatic rings. The van der Waals surface area contributed by atoms with Gasteiger partial charge in [0.25, 0.3) is 0 Å². The molecule has 0 saturated carbocycles. The summed E-state index contributed by atoms with van der Waals surface area (Å²) >= 11 is 0. The predicted molar refractivity (Wildman–Crippen MR) is 74.9 cm³/mol. The van der Waals surface area contributed by atoms with Gasteiger partial charge < -0.3 is 4.74 Å². The van der Waals surface area contributed by atoms with Crippen molar-refractivity contribution in [3.8, 4) is 5.75 Å². The van der Waals surface area contributed by atoms with Crippen LogP contribution < -0.4 is 4.74 Å². The van der Waals surface area contributed by atoms with Gasteiger partial charge >= 0.3 is 0 Å². The van der Waals surface area contributed by atoms with Crippen LogP contribution in [0.5, 0.6) is 5.75 Å². The van der Waals surface area contributed by atoms with Gasteiger partial charge in [-0.1, -0.05) is 53.7 Å².